The number of rotatable bonds is 7. The number of nitrogens with zero attached hydrogens (tertiary/aromatic N) is 5. The Morgan fingerprint density at radius 1 is 1.35 bits per heavy atom. The number of aryl methyl sites for hydroxylation is 3. The van der Waals surface area contributed by atoms with Gasteiger partial charge in [0.05, 0.1) is 24.5 Å². The Labute approximate surface area is 153 Å². The van der Waals surface area contributed by atoms with E-state index in [2.05, 4.69) is 20.6 Å². The van der Waals surface area contributed by atoms with Crippen molar-refractivity contribution in [1.82, 2.24) is 24.9 Å². The molecule has 2 aromatic rings. The van der Waals surface area contributed by atoms with Crippen LogP contribution < -0.4 is 5.32 Å². The predicted octanol–water partition coefficient (Wildman–Crippen LogP) is 1.48. The monoisotopic (exact) mass is 358 g/mol. The van der Waals surface area contributed by atoms with E-state index in [0.717, 1.165) is 22.6 Å². The van der Waals surface area contributed by atoms with Crippen LogP contribution in [0.25, 0.3) is 0 Å². The first-order chi connectivity index (χ1) is 12.5. The van der Waals surface area contributed by atoms with Crippen molar-refractivity contribution >= 4 is 11.7 Å². The third-order valence-electron chi connectivity index (χ3n) is 4.92. The van der Waals surface area contributed by atoms with Crippen LogP contribution >= 0.6 is 0 Å². The molecular formula is C18H26N6O2. The second-order valence-electron chi connectivity index (χ2n) is 6.82. The number of hydrogen-bond donors (Lipinski definition) is 1. The van der Waals surface area contributed by atoms with E-state index in [1.807, 2.05) is 44.3 Å². The van der Waals surface area contributed by atoms with E-state index < -0.39 is 0 Å². The van der Waals surface area contributed by atoms with Gasteiger partial charge in [-0.05, 0) is 25.5 Å². The normalized spacial score (nSPS) is 20.0. The topological polar surface area (TPSA) is 85.2 Å². The van der Waals surface area contributed by atoms with Crippen molar-refractivity contribution in [3.05, 3.63) is 35.3 Å². The Morgan fingerprint density at radius 3 is 2.81 bits per heavy atom. The van der Waals surface area contributed by atoms with E-state index >= 15 is 0 Å². The first-order valence-electron chi connectivity index (χ1n) is 8.81. The van der Waals surface area contributed by atoms with Crippen LogP contribution in [0, 0.1) is 19.8 Å². The quantitative estimate of drug-likeness (QED) is 0.807. The van der Waals surface area contributed by atoms with Crippen LogP contribution in [-0.2, 0) is 16.6 Å². The Hall–Kier alpha value is -2.48. The molecule has 26 heavy (non-hydrogen) atoms. The van der Waals surface area contributed by atoms with Crippen molar-refractivity contribution in [1.29, 1.82) is 0 Å². The average Bonchev–Trinajstić information content (AvgIpc) is 3.17. The largest absolute Gasteiger partial charge is 0.383 e. The molecule has 0 aromatic carbocycles. The number of carbonyl (C=O) groups excluding carboxylic acids is 1. The highest BCUT2D eigenvalue weighted by atomic mass is 16.5. The highest BCUT2D eigenvalue weighted by Crippen LogP contribution is 2.37. The molecule has 8 nitrogen and oxygen atoms in total. The molecular weight excluding hydrogens is 332 g/mol. The van der Waals surface area contributed by atoms with Crippen LogP contribution in [0.2, 0.25) is 0 Å². The summed E-state index contributed by atoms with van der Waals surface area (Å²) >= 11 is 0. The molecule has 8 heteroatoms. The SMILES string of the molecule is COCCN1C(=O)C[C@@H](CNc2cc(C)c(C)nn2)[C@@H]1c1cnn(C)c1. The average molecular weight is 358 g/mol. The van der Waals surface area contributed by atoms with Gasteiger partial charge in [0.1, 0.15) is 5.82 Å². The lowest BCUT2D eigenvalue weighted by molar-refractivity contribution is -0.129. The van der Waals surface area contributed by atoms with Crippen LogP contribution in [-0.4, -0.2) is 57.6 Å². The maximum absolute atomic E-state index is 12.6. The highest BCUT2D eigenvalue weighted by Gasteiger charge is 2.40. The van der Waals surface area contributed by atoms with Gasteiger partial charge in [0, 0.05) is 51.3 Å². The molecule has 140 valence electrons. The molecule has 1 aliphatic rings. The van der Waals surface area contributed by atoms with Crippen molar-refractivity contribution in [2.75, 3.05) is 32.1 Å². The number of hydrogen-bond acceptors (Lipinski definition) is 6. The van der Waals surface area contributed by atoms with Gasteiger partial charge in [-0.1, -0.05) is 0 Å². The van der Waals surface area contributed by atoms with Gasteiger partial charge in [-0.15, -0.1) is 5.10 Å². The van der Waals surface area contributed by atoms with Gasteiger partial charge >= 0.3 is 0 Å². The lowest BCUT2D eigenvalue weighted by Crippen LogP contribution is -2.33. The Kier molecular flexibility index (Phi) is 5.51. The Bertz CT molecular complexity index is 775. The zero-order chi connectivity index (χ0) is 18.7. The van der Waals surface area contributed by atoms with Crippen molar-refractivity contribution in [3.63, 3.8) is 0 Å². The number of carbonyl (C=O) groups is 1. The molecule has 1 fully saturated rings. The van der Waals surface area contributed by atoms with Gasteiger partial charge in [0.25, 0.3) is 0 Å². The fourth-order valence-corrected chi connectivity index (χ4v) is 3.41. The van der Waals surface area contributed by atoms with Gasteiger partial charge in [-0.25, -0.2) is 0 Å². The summed E-state index contributed by atoms with van der Waals surface area (Å²) in [4.78, 5) is 14.5. The smallest absolute Gasteiger partial charge is 0.223 e. The summed E-state index contributed by atoms with van der Waals surface area (Å²) in [5.74, 6) is 1.02. The van der Waals surface area contributed by atoms with Crippen molar-refractivity contribution in [2.24, 2.45) is 13.0 Å². The second-order valence-corrected chi connectivity index (χ2v) is 6.82. The van der Waals surface area contributed by atoms with E-state index in [4.69, 9.17) is 4.74 Å². The first kappa shape index (κ1) is 18.3. The number of methoxy groups -OCH3 is 1. The van der Waals surface area contributed by atoms with E-state index in [-0.39, 0.29) is 17.9 Å². The van der Waals surface area contributed by atoms with Crippen LogP contribution in [0.4, 0.5) is 5.82 Å². The molecule has 3 rings (SSSR count). The summed E-state index contributed by atoms with van der Waals surface area (Å²) < 4.78 is 6.95. The van der Waals surface area contributed by atoms with Gasteiger partial charge in [-0.2, -0.15) is 10.2 Å². The molecule has 0 bridgehead atoms. The number of nitrogens with one attached hydrogen (secondary N) is 1. The van der Waals surface area contributed by atoms with Crippen molar-refractivity contribution in [3.8, 4) is 0 Å². The maximum atomic E-state index is 12.6. The summed E-state index contributed by atoms with van der Waals surface area (Å²) in [6, 6.07) is 1.97. The Balaban J connectivity index is 1.77. The van der Waals surface area contributed by atoms with Crippen molar-refractivity contribution in [2.45, 2.75) is 26.3 Å². The summed E-state index contributed by atoms with van der Waals surface area (Å²) in [6.07, 6.45) is 4.31. The fourth-order valence-electron chi connectivity index (χ4n) is 3.41. The first-order valence-corrected chi connectivity index (χ1v) is 8.81. The van der Waals surface area contributed by atoms with Crippen LogP contribution in [0.15, 0.2) is 18.5 Å². The molecule has 1 N–H and O–H groups in total. The third-order valence-corrected chi connectivity index (χ3v) is 4.92. The minimum Gasteiger partial charge on any atom is -0.383 e. The van der Waals surface area contributed by atoms with Crippen LogP contribution in [0.1, 0.15) is 29.3 Å². The molecule has 0 unspecified atom stereocenters. The molecule has 0 spiro atoms. The second kappa shape index (κ2) is 7.82. The zero-order valence-electron chi connectivity index (χ0n) is 15.8. The van der Waals surface area contributed by atoms with E-state index in [9.17, 15) is 4.79 Å². The molecule has 0 aliphatic carbocycles. The summed E-state index contributed by atoms with van der Waals surface area (Å²) in [6.45, 7) is 5.69. The molecule has 2 aromatic heterocycles. The zero-order valence-corrected chi connectivity index (χ0v) is 15.8. The van der Waals surface area contributed by atoms with Gasteiger partial charge in [-0.3, -0.25) is 9.48 Å². The molecule has 1 saturated heterocycles. The van der Waals surface area contributed by atoms with Gasteiger partial charge in [0.15, 0.2) is 0 Å². The predicted molar refractivity (Wildman–Crippen MR) is 97.6 cm³/mol. The minimum absolute atomic E-state index is 0.0154. The molecule has 2 atom stereocenters. The standard InChI is InChI=1S/C18H26N6O2/c1-12-7-16(22-21-13(12)2)19-9-14-8-17(25)24(5-6-26-4)18(14)15-10-20-23(3)11-15/h7,10-11,14,18H,5-6,8-9H2,1-4H3,(H,19,22)/t14-,18+/m0/s1. The number of aromatic nitrogens is 4. The fraction of sp³-hybridized carbons (Fsp3) is 0.556. The van der Waals surface area contributed by atoms with Gasteiger partial charge < -0.3 is 15.0 Å². The summed E-state index contributed by atoms with van der Waals surface area (Å²) in [5.41, 5.74) is 3.06. The Morgan fingerprint density at radius 2 is 2.15 bits per heavy atom. The summed E-state index contributed by atoms with van der Waals surface area (Å²) in [7, 11) is 3.54. The summed E-state index contributed by atoms with van der Waals surface area (Å²) in [5, 5.41) is 16.0. The van der Waals surface area contributed by atoms with E-state index in [1.165, 1.54) is 0 Å². The maximum Gasteiger partial charge on any atom is 0.223 e. The van der Waals surface area contributed by atoms with Crippen molar-refractivity contribution < 1.29 is 9.53 Å². The van der Waals surface area contributed by atoms with Gasteiger partial charge in [0.2, 0.25) is 5.91 Å². The molecule has 0 radical (unpaired) electrons. The lowest BCUT2D eigenvalue weighted by atomic mass is 9.95. The van der Waals surface area contributed by atoms with E-state index in [1.54, 1.807) is 11.8 Å². The number of likely N-dealkylation sites (tertiary alicyclic amines) is 1. The van der Waals surface area contributed by atoms with Crippen LogP contribution in [0.3, 0.4) is 0 Å². The number of amides is 1. The minimum atomic E-state index is -0.0154. The molecule has 1 amide bonds. The third kappa shape index (κ3) is 3.85. The molecule has 0 saturated carbocycles. The number of ether oxygens (including phenoxy) is 1. The molecule has 3 heterocycles. The number of anilines is 1. The van der Waals surface area contributed by atoms with Crippen LogP contribution in [0.5, 0.6) is 0 Å². The highest BCUT2D eigenvalue weighted by molar-refractivity contribution is 5.79. The molecule has 1 aliphatic heterocycles. The lowest BCUT2D eigenvalue weighted by Gasteiger charge is -2.27. The van der Waals surface area contributed by atoms with E-state index in [0.29, 0.717) is 26.1 Å².